The van der Waals surface area contributed by atoms with E-state index in [1.165, 1.54) is 10.5 Å². The zero-order valence-corrected chi connectivity index (χ0v) is 10.9. The first kappa shape index (κ1) is 12.0. The van der Waals surface area contributed by atoms with E-state index in [0.29, 0.717) is 13.1 Å². The van der Waals surface area contributed by atoms with Crippen molar-refractivity contribution in [3.63, 3.8) is 0 Å². The van der Waals surface area contributed by atoms with Gasteiger partial charge in [-0.05, 0) is 25.0 Å². The largest absolute Gasteiger partial charge is 0.359 e. The van der Waals surface area contributed by atoms with Crippen molar-refractivity contribution in [1.82, 2.24) is 10.2 Å². The van der Waals surface area contributed by atoms with Crippen molar-refractivity contribution in [3.05, 3.63) is 29.8 Å². The van der Waals surface area contributed by atoms with Gasteiger partial charge in [-0.3, -0.25) is 9.69 Å². The molecular formula is C14H17N3O2. The molecule has 1 N–H and O–H groups in total. The van der Waals surface area contributed by atoms with Gasteiger partial charge >= 0.3 is 6.03 Å². The monoisotopic (exact) mass is 259 g/mol. The summed E-state index contributed by atoms with van der Waals surface area (Å²) in [5.74, 6) is -0.119. The first-order valence-corrected chi connectivity index (χ1v) is 6.62. The number of fused-ring (bicyclic) bond motifs is 1. The second-order valence-corrected chi connectivity index (χ2v) is 4.97. The summed E-state index contributed by atoms with van der Waals surface area (Å²) in [5, 5.41) is 2.66. The summed E-state index contributed by atoms with van der Waals surface area (Å²) in [6.07, 6.45) is 0.958. The second kappa shape index (κ2) is 4.57. The number of benzene rings is 1. The van der Waals surface area contributed by atoms with E-state index in [-0.39, 0.29) is 18.0 Å². The standard InChI is InChI=1S/C14H17N3O2/c1-10(13(18)17-9-7-15-14(17)19)16-8-6-11-4-2-3-5-12(11)16/h2-5,10H,6-9H2,1H3,(H,15,19)/t10-/m1/s1. The molecule has 0 aliphatic carbocycles. The molecule has 2 heterocycles. The van der Waals surface area contributed by atoms with Gasteiger partial charge in [-0.25, -0.2) is 4.79 Å². The molecule has 3 amide bonds. The number of nitrogens with one attached hydrogen (secondary N) is 1. The molecule has 1 aromatic carbocycles. The Kier molecular flexibility index (Phi) is 2.89. The Morgan fingerprint density at radius 3 is 2.84 bits per heavy atom. The van der Waals surface area contributed by atoms with Gasteiger partial charge in [-0.1, -0.05) is 18.2 Å². The smallest absolute Gasteiger partial charge is 0.324 e. The van der Waals surface area contributed by atoms with E-state index >= 15 is 0 Å². The van der Waals surface area contributed by atoms with Crippen molar-refractivity contribution in [3.8, 4) is 0 Å². The van der Waals surface area contributed by atoms with Gasteiger partial charge in [0.05, 0.1) is 0 Å². The number of para-hydroxylation sites is 1. The Labute approximate surface area is 112 Å². The normalized spacial score (nSPS) is 19.3. The van der Waals surface area contributed by atoms with E-state index in [0.717, 1.165) is 18.7 Å². The van der Waals surface area contributed by atoms with Crippen LogP contribution in [0.5, 0.6) is 0 Å². The molecule has 0 saturated carbocycles. The summed E-state index contributed by atoms with van der Waals surface area (Å²) in [6, 6.07) is 7.56. The number of nitrogens with zero attached hydrogens (tertiary/aromatic N) is 2. The molecule has 5 heteroatoms. The third-order valence-electron chi connectivity index (χ3n) is 3.87. The number of urea groups is 1. The maximum atomic E-state index is 12.4. The first-order valence-electron chi connectivity index (χ1n) is 6.62. The van der Waals surface area contributed by atoms with Crippen molar-refractivity contribution in [2.75, 3.05) is 24.5 Å². The van der Waals surface area contributed by atoms with Crippen LogP contribution >= 0.6 is 0 Å². The van der Waals surface area contributed by atoms with E-state index in [1.807, 2.05) is 25.1 Å². The van der Waals surface area contributed by atoms with Crippen LogP contribution in [0.2, 0.25) is 0 Å². The van der Waals surface area contributed by atoms with E-state index in [9.17, 15) is 9.59 Å². The lowest BCUT2D eigenvalue weighted by Crippen LogP contribution is -2.47. The lowest BCUT2D eigenvalue weighted by atomic mass is 10.1. The molecule has 1 fully saturated rings. The molecule has 5 nitrogen and oxygen atoms in total. The van der Waals surface area contributed by atoms with E-state index in [2.05, 4.69) is 16.3 Å². The maximum absolute atomic E-state index is 12.4. The van der Waals surface area contributed by atoms with Crippen molar-refractivity contribution < 1.29 is 9.59 Å². The first-order chi connectivity index (χ1) is 9.18. The quantitative estimate of drug-likeness (QED) is 0.861. The molecule has 0 bridgehead atoms. The number of carbonyl (C=O) groups is 2. The Balaban J connectivity index is 1.80. The molecule has 0 unspecified atom stereocenters. The Hall–Kier alpha value is -2.04. The molecule has 3 rings (SSSR count). The number of anilines is 1. The predicted octanol–water partition coefficient (Wildman–Crippen LogP) is 0.989. The number of rotatable bonds is 2. The average Bonchev–Trinajstić information content (AvgIpc) is 3.03. The van der Waals surface area contributed by atoms with E-state index in [1.54, 1.807) is 0 Å². The van der Waals surface area contributed by atoms with Gasteiger partial charge in [0.15, 0.2) is 0 Å². The zero-order chi connectivity index (χ0) is 13.4. The van der Waals surface area contributed by atoms with Gasteiger partial charge in [0.2, 0.25) is 0 Å². The minimum atomic E-state index is -0.299. The number of imide groups is 1. The van der Waals surface area contributed by atoms with Crippen molar-refractivity contribution in [2.45, 2.75) is 19.4 Å². The fourth-order valence-electron chi connectivity index (χ4n) is 2.81. The Bertz CT molecular complexity index is 529. The molecule has 2 aliphatic heterocycles. The van der Waals surface area contributed by atoms with Gasteiger partial charge in [-0.2, -0.15) is 0 Å². The molecule has 0 aromatic heterocycles. The molecule has 1 aromatic rings. The summed E-state index contributed by atoms with van der Waals surface area (Å²) in [4.78, 5) is 27.3. The molecule has 19 heavy (non-hydrogen) atoms. The van der Waals surface area contributed by atoms with Crippen LogP contribution in [0, 0.1) is 0 Å². The average molecular weight is 259 g/mol. The number of hydrogen-bond donors (Lipinski definition) is 1. The lowest BCUT2D eigenvalue weighted by molar-refractivity contribution is -0.128. The minimum absolute atomic E-state index is 0.119. The molecule has 0 spiro atoms. The van der Waals surface area contributed by atoms with Crippen molar-refractivity contribution >= 4 is 17.6 Å². The number of amides is 3. The minimum Gasteiger partial charge on any atom is -0.359 e. The van der Waals surface area contributed by atoms with Crippen LogP contribution in [0.25, 0.3) is 0 Å². The summed E-state index contributed by atoms with van der Waals surface area (Å²) in [5.41, 5.74) is 2.39. The van der Waals surface area contributed by atoms with Gasteiger partial charge in [-0.15, -0.1) is 0 Å². The zero-order valence-electron chi connectivity index (χ0n) is 10.9. The van der Waals surface area contributed by atoms with Crippen LogP contribution in [0.1, 0.15) is 12.5 Å². The fourth-order valence-corrected chi connectivity index (χ4v) is 2.81. The predicted molar refractivity (Wildman–Crippen MR) is 72.1 cm³/mol. The van der Waals surface area contributed by atoms with Gasteiger partial charge in [0, 0.05) is 25.3 Å². The molecule has 2 aliphatic rings. The summed E-state index contributed by atoms with van der Waals surface area (Å²) in [7, 11) is 0. The van der Waals surface area contributed by atoms with Crippen molar-refractivity contribution in [1.29, 1.82) is 0 Å². The molecule has 100 valence electrons. The van der Waals surface area contributed by atoms with Crippen LogP contribution in [-0.4, -0.2) is 42.5 Å². The molecule has 1 saturated heterocycles. The molecular weight excluding hydrogens is 242 g/mol. The topological polar surface area (TPSA) is 52.7 Å². The fraction of sp³-hybridized carbons (Fsp3) is 0.429. The summed E-state index contributed by atoms with van der Waals surface area (Å²) < 4.78 is 0. The maximum Gasteiger partial charge on any atom is 0.324 e. The van der Waals surface area contributed by atoms with Crippen LogP contribution < -0.4 is 10.2 Å². The van der Waals surface area contributed by atoms with Gasteiger partial charge < -0.3 is 10.2 Å². The highest BCUT2D eigenvalue weighted by Crippen LogP contribution is 2.29. The van der Waals surface area contributed by atoms with Crippen LogP contribution in [0.15, 0.2) is 24.3 Å². The lowest BCUT2D eigenvalue weighted by Gasteiger charge is -2.28. The highest BCUT2D eigenvalue weighted by molar-refractivity contribution is 5.99. The SMILES string of the molecule is C[C@H](C(=O)N1CCNC1=O)N1CCc2ccccc21. The molecule has 1 atom stereocenters. The van der Waals surface area contributed by atoms with E-state index < -0.39 is 0 Å². The molecule has 0 radical (unpaired) electrons. The van der Waals surface area contributed by atoms with Gasteiger partial charge in [0.1, 0.15) is 6.04 Å². The Morgan fingerprint density at radius 1 is 1.32 bits per heavy atom. The second-order valence-electron chi connectivity index (χ2n) is 4.97. The van der Waals surface area contributed by atoms with Crippen LogP contribution in [0.4, 0.5) is 10.5 Å². The Morgan fingerprint density at radius 2 is 2.11 bits per heavy atom. The number of hydrogen-bond acceptors (Lipinski definition) is 3. The van der Waals surface area contributed by atoms with Crippen molar-refractivity contribution in [2.24, 2.45) is 0 Å². The van der Waals surface area contributed by atoms with Crippen LogP contribution in [-0.2, 0) is 11.2 Å². The summed E-state index contributed by atoms with van der Waals surface area (Å²) in [6.45, 7) is 3.73. The van der Waals surface area contributed by atoms with Crippen LogP contribution in [0.3, 0.4) is 0 Å². The van der Waals surface area contributed by atoms with Gasteiger partial charge in [0.25, 0.3) is 5.91 Å². The highest BCUT2D eigenvalue weighted by Gasteiger charge is 2.34. The third kappa shape index (κ3) is 1.95. The number of carbonyl (C=O) groups excluding carboxylic acids is 2. The highest BCUT2D eigenvalue weighted by atomic mass is 16.2. The summed E-state index contributed by atoms with van der Waals surface area (Å²) >= 11 is 0. The third-order valence-corrected chi connectivity index (χ3v) is 3.87. The van der Waals surface area contributed by atoms with E-state index in [4.69, 9.17) is 0 Å².